The molecule has 84 valence electrons. The molecule has 16 heavy (non-hydrogen) atoms. The number of benzene rings is 1. The van der Waals surface area contributed by atoms with Gasteiger partial charge in [0, 0.05) is 6.04 Å². The maximum Gasteiger partial charge on any atom is 0.124 e. The summed E-state index contributed by atoms with van der Waals surface area (Å²) in [5, 5.41) is 12.2. The van der Waals surface area contributed by atoms with E-state index in [0.29, 0.717) is 11.6 Å². The van der Waals surface area contributed by atoms with Crippen molar-refractivity contribution < 1.29 is 4.39 Å². The average Bonchev–Trinajstić information content (AvgIpc) is 3.04. The van der Waals surface area contributed by atoms with E-state index in [4.69, 9.17) is 5.26 Å². The Morgan fingerprint density at radius 3 is 2.94 bits per heavy atom. The molecule has 0 spiro atoms. The Morgan fingerprint density at radius 2 is 2.31 bits per heavy atom. The summed E-state index contributed by atoms with van der Waals surface area (Å²) in [6.45, 7) is 2.10. The molecule has 1 aliphatic carbocycles. The number of hydrogen-bond acceptors (Lipinski definition) is 2. The topological polar surface area (TPSA) is 35.8 Å². The number of halogens is 1. The van der Waals surface area contributed by atoms with Crippen molar-refractivity contribution in [1.29, 1.82) is 5.26 Å². The standard InChI is InChI=1S/C13H15FN2/c1-9(6-10-2-3-10)16-13-5-4-12(14)7-11(13)8-15/h4-5,7,9-10,16H,2-3,6H2,1H3. The van der Waals surface area contributed by atoms with Gasteiger partial charge in [-0.1, -0.05) is 12.8 Å². The van der Waals surface area contributed by atoms with Gasteiger partial charge in [0.2, 0.25) is 0 Å². The zero-order valence-electron chi connectivity index (χ0n) is 9.33. The van der Waals surface area contributed by atoms with E-state index in [1.165, 1.54) is 25.0 Å². The van der Waals surface area contributed by atoms with Crippen LogP contribution in [0.25, 0.3) is 0 Å². The fourth-order valence-corrected chi connectivity index (χ4v) is 1.91. The van der Waals surface area contributed by atoms with Gasteiger partial charge in [-0.25, -0.2) is 4.39 Å². The van der Waals surface area contributed by atoms with Gasteiger partial charge in [0.1, 0.15) is 11.9 Å². The molecule has 1 atom stereocenters. The summed E-state index contributed by atoms with van der Waals surface area (Å²) >= 11 is 0. The van der Waals surface area contributed by atoms with Crippen LogP contribution >= 0.6 is 0 Å². The van der Waals surface area contributed by atoms with Crippen LogP contribution in [0.15, 0.2) is 18.2 Å². The number of nitriles is 1. The molecule has 0 heterocycles. The van der Waals surface area contributed by atoms with Crippen LogP contribution in [0.5, 0.6) is 0 Å². The largest absolute Gasteiger partial charge is 0.382 e. The molecule has 1 aliphatic rings. The second kappa shape index (κ2) is 4.52. The fraction of sp³-hybridized carbons (Fsp3) is 0.462. The Kier molecular flexibility index (Phi) is 3.09. The van der Waals surface area contributed by atoms with Crippen molar-refractivity contribution >= 4 is 5.69 Å². The molecule has 1 fully saturated rings. The van der Waals surface area contributed by atoms with E-state index >= 15 is 0 Å². The van der Waals surface area contributed by atoms with Crippen LogP contribution in [-0.4, -0.2) is 6.04 Å². The third kappa shape index (κ3) is 2.73. The van der Waals surface area contributed by atoms with Gasteiger partial charge in [-0.05, 0) is 37.5 Å². The zero-order chi connectivity index (χ0) is 11.5. The Labute approximate surface area is 95.1 Å². The first-order valence-corrected chi connectivity index (χ1v) is 5.65. The molecule has 2 nitrogen and oxygen atoms in total. The molecule has 1 unspecified atom stereocenters. The Bertz CT molecular complexity index is 418. The predicted molar refractivity (Wildman–Crippen MR) is 61.5 cm³/mol. The van der Waals surface area contributed by atoms with Crippen molar-refractivity contribution in [2.75, 3.05) is 5.32 Å². The van der Waals surface area contributed by atoms with Crippen LogP contribution in [0.1, 0.15) is 31.7 Å². The lowest BCUT2D eigenvalue weighted by Crippen LogP contribution is -2.16. The molecule has 0 radical (unpaired) electrons. The van der Waals surface area contributed by atoms with Crippen molar-refractivity contribution in [2.24, 2.45) is 5.92 Å². The zero-order valence-corrected chi connectivity index (χ0v) is 9.33. The van der Waals surface area contributed by atoms with Crippen LogP contribution in [-0.2, 0) is 0 Å². The summed E-state index contributed by atoms with van der Waals surface area (Å²) in [5.74, 6) is 0.477. The summed E-state index contributed by atoms with van der Waals surface area (Å²) < 4.78 is 12.9. The lowest BCUT2D eigenvalue weighted by Gasteiger charge is -2.15. The molecule has 0 amide bonds. The lowest BCUT2D eigenvalue weighted by molar-refractivity contribution is 0.625. The maximum atomic E-state index is 12.9. The first-order valence-electron chi connectivity index (χ1n) is 5.65. The summed E-state index contributed by atoms with van der Waals surface area (Å²) in [5.41, 5.74) is 1.11. The molecule has 1 saturated carbocycles. The van der Waals surface area contributed by atoms with Gasteiger partial charge < -0.3 is 5.32 Å². The normalized spacial score (nSPS) is 16.6. The van der Waals surface area contributed by atoms with E-state index in [9.17, 15) is 4.39 Å². The SMILES string of the molecule is CC(CC1CC1)Nc1ccc(F)cc1C#N. The molecule has 3 heteroatoms. The van der Waals surface area contributed by atoms with Gasteiger partial charge in [0.25, 0.3) is 0 Å². The summed E-state index contributed by atoms with van der Waals surface area (Å²) in [6, 6.07) is 6.63. The first kappa shape index (κ1) is 10.9. The van der Waals surface area contributed by atoms with Crippen LogP contribution in [0, 0.1) is 23.1 Å². The van der Waals surface area contributed by atoms with Crippen LogP contribution in [0.4, 0.5) is 10.1 Å². The molecule has 0 aliphatic heterocycles. The Balaban J connectivity index is 2.04. The van der Waals surface area contributed by atoms with Gasteiger partial charge >= 0.3 is 0 Å². The van der Waals surface area contributed by atoms with Gasteiger partial charge in [-0.15, -0.1) is 0 Å². The Morgan fingerprint density at radius 1 is 1.56 bits per heavy atom. The van der Waals surface area contributed by atoms with E-state index in [-0.39, 0.29) is 5.82 Å². The highest BCUT2D eigenvalue weighted by molar-refractivity contribution is 5.57. The third-order valence-electron chi connectivity index (χ3n) is 2.89. The summed E-state index contributed by atoms with van der Waals surface area (Å²) in [7, 11) is 0. The van der Waals surface area contributed by atoms with E-state index in [1.54, 1.807) is 6.07 Å². The van der Waals surface area contributed by atoms with Crippen molar-refractivity contribution in [2.45, 2.75) is 32.2 Å². The van der Waals surface area contributed by atoms with Gasteiger partial charge in [0.05, 0.1) is 11.3 Å². The number of hydrogen-bond donors (Lipinski definition) is 1. The number of rotatable bonds is 4. The second-order valence-electron chi connectivity index (χ2n) is 4.53. The third-order valence-corrected chi connectivity index (χ3v) is 2.89. The molecule has 2 rings (SSSR count). The molecule has 0 aromatic heterocycles. The first-order chi connectivity index (χ1) is 7.69. The van der Waals surface area contributed by atoms with E-state index in [2.05, 4.69) is 12.2 Å². The molecule has 1 aromatic carbocycles. The van der Waals surface area contributed by atoms with E-state index in [0.717, 1.165) is 18.0 Å². The van der Waals surface area contributed by atoms with Crippen molar-refractivity contribution in [3.8, 4) is 6.07 Å². The Hall–Kier alpha value is -1.56. The minimum Gasteiger partial charge on any atom is -0.382 e. The minimum atomic E-state index is -0.364. The highest BCUT2D eigenvalue weighted by Gasteiger charge is 2.23. The fourth-order valence-electron chi connectivity index (χ4n) is 1.91. The van der Waals surface area contributed by atoms with Crippen molar-refractivity contribution in [3.63, 3.8) is 0 Å². The number of nitrogens with one attached hydrogen (secondary N) is 1. The average molecular weight is 218 g/mol. The predicted octanol–water partition coefficient (Wildman–Crippen LogP) is 3.30. The molecule has 0 bridgehead atoms. The number of nitrogens with zero attached hydrogens (tertiary/aromatic N) is 1. The molecule has 1 aromatic rings. The minimum absolute atomic E-state index is 0.338. The monoisotopic (exact) mass is 218 g/mol. The van der Waals surface area contributed by atoms with E-state index in [1.807, 2.05) is 6.07 Å². The highest BCUT2D eigenvalue weighted by atomic mass is 19.1. The summed E-state index contributed by atoms with van der Waals surface area (Å²) in [4.78, 5) is 0. The highest BCUT2D eigenvalue weighted by Crippen LogP contribution is 2.34. The van der Waals surface area contributed by atoms with Gasteiger partial charge in [-0.2, -0.15) is 5.26 Å². The number of anilines is 1. The van der Waals surface area contributed by atoms with E-state index < -0.39 is 0 Å². The molecule has 0 saturated heterocycles. The van der Waals surface area contributed by atoms with Crippen LogP contribution < -0.4 is 5.32 Å². The summed E-state index contributed by atoms with van der Waals surface area (Å²) in [6.07, 6.45) is 3.77. The maximum absolute atomic E-state index is 12.9. The van der Waals surface area contributed by atoms with Crippen molar-refractivity contribution in [3.05, 3.63) is 29.6 Å². The lowest BCUT2D eigenvalue weighted by atomic mass is 10.1. The smallest absolute Gasteiger partial charge is 0.124 e. The second-order valence-corrected chi connectivity index (χ2v) is 4.53. The van der Waals surface area contributed by atoms with Crippen molar-refractivity contribution in [1.82, 2.24) is 0 Å². The van der Waals surface area contributed by atoms with Crippen LogP contribution in [0.3, 0.4) is 0 Å². The van der Waals surface area contributed by atoms with Gasteiger partial charge in [0.15, 0.2) is 0 Å². The molecular weight excluding hydrogens is 203 g/mol. The molecule has 1 N–H and O–H groups in total. The quantitative estimate of drug-likeness (QED) is 0.841. The van der Waals surface area contributed by atoms with Crippen LogP contribution in [0.2, 0.25) is 0 Å². The molecular formula is C13H15FN2. The van der Waals surface area contributed by atoms with Gasteiger partial charge in [-0.3, -0.25) is 0 Å².